The fourth-order valence-electron chi connectivity index (χ4n) is 2.80. The summed E-state index contributed by atoms with van der Waals surface area (Å²) in [6, 6.07) is 9.52. The molecule has 0 fully saturated rings. The van der Waals surface area contributed by atoms with Crippen LogP contribution < -0.4 is 4.74 Å². The number of carbonyl (C=O) groups excluding carboxylic acids is 2. The Labute approximate surface area is 172 Å². The van der Waals surface area contributed by atoms with Crippen LogP contribution in [0.3, 0.4) is 0 Å². The normalized spacial score (nSPS) is 10.7. The summed E-state index contributed by atoms with van der Waals surface area (Å²) in [4.78, 5) is 30.9. The van der Waals surface area contributed by atoms with Crippen molar-refractivity contribution in [1.82, 2.24) is 4.98 Å². The van der Waals surface area contributed by atoms with Crippen molar-refractivity contribution in [2.24, 2.45) is 0 Å². The van der Waals surface area contributed by atoms with Crippen LogP contribution in [0.4, 0.5) is 0 Å². The lowest BCUT2D eigenvalue weighted by Gasteiger charge is -2.05. The molecule has 0 bridgehead atoms. The molecule has 3 aromatic rings. The third-order valence-electron chi connectivity index (χ3n) is 4.17. The fourth-order valence-corrected chi connectivity index (χ4v) is 4.58. The number of thiazole rings is 1. The van der Waals surface area contributed by atoms with Crippen LogP contribution in [0.2, 0.25) is 0 Å². The highest BCUT2D eigenvalue weighted by molar-refractivity contribution is 7.13. The van der Waals surface area contributed by atoms with Gasteiger partial charge in [-0.15, -0.1) is 22.7 Å². The van der Waals surface area contributed by atoms with Crippen LogP contribution in [0.5, 0.6) is 5.75 Å². The van der Waals surface area contributed by atoms with Crippen molar-refractivity contribution in [2.75, 3.05) is 7.11 Å². The zero-order chi connectivity index (χ0) is 20.1. The van der Waals surface area contributed by atoms with Crippen LogP contribution >= 0.6 is 22.7 Å². The third kappa shape index (κ3) is 4.85. The number of para-hydroxylation sites is 1. The molecule has 0 unspecified atom stereocenters. The van der Waals surface area contributed by atoms with Crippen molar-refractivity contribution in [2.45, 2.75) is 33.3 Å². The van der Waals surface area contributed by atoms with Gasteiger partial charge in [-0.1, -0.05) is 12.1 Å². The number of hydrogen-bond donors (Lipinski definition) is 0. The molecule has 2 heterocycles. The molecule has 0 aliphatic rings. The minimum absolute atomic E-state index is 0.0223. The summed E-state index contributed by atoms with van der Waals surface area (Å²) in [5, 5.41) is 2.67. The van der Waals surface area contributed by atoms with E-state index >= 15 is 0 Å². The number of aryl methyl sites for hydroxylation is 2. The van der Waals surface area contributed by atoms with Crippen molar-refractivity contribution in [3.8, 4) is 16.3 Å². The second-order valence-electron chi connectivity index (χ2n) is 6.26. The number of ether oxygens (including phenoxy) is 2. The molecule has 0 atom stereocenters. The molecule has 0 N–H and O–H groups in total. The Hall–Kier alpha value is -2.51. The number of benzene rings is 1. The van der Waals surface area contributed by atoms with E-state index in [1.807, 2.05) is 49.6 Å². The highest BCUT2D eigenvalue weighted by atomic mass is 32.1. The highest BCUT2D eigenvalue weighted by Crippen LogP contribution is 2.32. The van der Waals surface area contributed by atoms with E-state index in [1.165, 1.54) is 11.3 Å². The molecule has 5 nitrogen and oxygen atoms in total. The Kier molecular flexibility index (Phi) is 6.59. The fraction of sp³-hybridized carbons (Fsp3) is 0.286. The average molecular weight is 416 g/mol. The molecule has 7 heteroatoms. The quantitative estimate of drug-likeness (QED) is 0.373. The lowest BCUT2D eigenvalue weighted by Crippen LogP contribution is -2.08. The topological polar surface area (TPSA) is 65.5 Å². The summed E-state index contributed by atoms with van der Waals surface area (Å²) in [6.45, 7) is 3.98. The second kappa shape index (κ2) is 9.12. The average Bonchev–Trinajstić information content (AvgIpc) is 3.30. The number of nitrogens with zero attached hydrogens (tertiary/aromatic N) is 1. The monoisotopic (exact) mass is 415 g/mol. The Morgan fingerprint density at radius 1 is 1.14 bits per heavy atom. The molecule has 146 valence electrons. The number of aromatic nitrogens is 1. The van der Waals surface area contributed by atoms with Crippen LogP contribution in [0.1, 0.15) is 38.6 Å². The van der Waals surface area contributed by atoms with Gasteiger partial charge in [0.1, 0.15) is 17.4 Å². The van der Waals surface area contributed by atoms with Crippen molar-refractivity contribution in [3.63, 3.8) is 0 Å². The molecular formula is C21H21NO4S2. The van der Waals surface area contributed by atoms with Gasteiger partial charge >= 0.3 is 5.97 Å². The summed E-state index contributed by atoms with van der Waals surface area (Å²) in [7, 11) is 1.62. The minimum atomic E-state index is -0.398. The van der Waals surface area contributed by atoms with Crippen molar-refractivity contribution in [1.29, 1.82) is 0 Å². The molecule has 0 aliphatic carbocycles. The van der Waals surface area contributed by atoms with Crippen LogP contribution in [-0.4, -0.2) is 23.8 Å². The molecule has 0 aliphatic heterocycles. The highest BCUT2D eigenvalue weighted by Gasteiger charge is 2.15. The van der Waals surface area contributed by atoms with Crippen molar-refractivity contribution >= 4 is 34.4 Å². The van der Waals surface area contributed by atoms with E-state index < -0.39 is 5.97 Å². The lowest BCUT2D eigenvalue weighted by atomic mass is 10.1. The molecule has 1 aromatic carbocycles. The predicted octanol–water partition coefficient (Wildman–Crippen LogP) is 5.20. The van der Waals surface area contributed by atoms with Gasteiger partial charge in [0.2, 0.25) is 0 Å². The van der Waals surface area contributed by atoms with Gasteiger partial charge in [0.05, 0.1) is 24.8 Å². The van der Waals surface area contributed by atoms with E-state index in [1.54, 1.807) is 18.4 Å². The lowest BCUT2D eigenvalue weighted by molar-refractivity contribution is -0.145. The van der Waals surface area contributed by atoms with Gasteiger partial charge in [-0.05, 0) is 32.0 Å². The molecular weight excluding hydrogens is 394 g/mol. The van der Waals surface area contributed by atoms with Gasteiger partial charge < -0.3 is 9.47 Å². The van der Waals surface area contributed by atoms with E-state index in [4.69, 9.17) is 9.47 Å². The first-order valence-corrected chi connectivity index (χ1v) is 10.5. The first-order chi connectivity index (χ1) is 13.5. The maximum atomic E-state index is 12.3. The Balaban J connectivity index is 1.52. The van der Waals surface area contributed by atoms with E-state index in [2.05, 4.69) is 4.98 Å². The van der Waals surface area contributed by atoms with Crippen molar-refractivity contribution in [3.05, 3.63) is 56.7 Å². The van der Waals surface area contributed by atoms with Crippen molar-refractivity contribution < 1.29 is 19.1 Å². The van der Waals surface area contributed by atoms with Crippen LogP contribution in [0.15, 0.2) is 35.7 Å². The van der Waals surface area contributed by atoms with E-state index in [0.717, 1.165) is 26.1 Å². The number of ketones is 1. The van der Waals surface area contributed by atoms with Gasteiger partial charge in [-0.25, -0.2) is 4.98 Å². The van der Waals surface area contributed by atoms with Crippen LogP contribution in [0.25, 0.3) is 10.6 Å². The van der Waals surface area contributed by atoms with Crippen LogP contribution in [-0.2, 0) is 16.1 Å². The summed E-state index contributed by atoms with van der Waals surface area (Å²) < 4.78 is 10.6. The first-order valence-electron chi connectivity index (χ1n) is 8.81. The molecule has 0 saturated heterocycles. The maximum absolute atomic E-state index is 12.3. The smallest absolute Gasteiger partial charge is 0.306 e. The minimum Gasteiger partial charge on any atom is -0.496 e. The van der Waals surface area contributed by atoms with Gasteiger partial charge in [0.15, 0.2) is 5.78 Å². The zero-order valence-electron chi connectivity index (χ0n) is 16.0. The molecule has 2 aromatic heterocycles. The molecule has 0 radical (unpaired) electrons. The number of hydrogen-bond acceptors (Lipinski definition) is 7. The number of rotatable bonds is 8. The largest absolute Gasteiger partial charge is 0.496 e. The number of esters is 1. The number of carbonyl (C=O) groups is 2. The molecule has 0 amide bonds. The van der Waals surface area contributed by atoms with Crippen LogP contribution in [0, 0.1) is 13.8 Å². The maximum Gasteiger partial charge on any atom is 0.306 e. The first kappa shape index (κ1) is 20.2. The Morgan fingerprint density at radius 2 is 1.93 bits per heavy atom. The second-order valence-corrected chi connectivity index (χ2v) is 8.57. The summed E-state index contributed by atoms with van der Waals surface area (Å²) in [5.74, 6) is 0.327. The van der Waals surface area contributed by atoms with Gasteiger partial charge in [0.25, 0.3) is 0 Å². The molecule has 0 spiro atoms. The summed E-state index contributed by atoms with van der Waals surface area (Å²) in [5.41, 5.74) is 2.28. The van der Waals surface area contributed by atoms with Gasteiger partial charge in [0, 0.05) is 27.1 Å². The number of methoxy groups -OCH3 is 1. The zero-order valence-corrected chi connectivity index (χ0v) is 17.6. The summed E-state index contributed by atoms with van der Waals surface area (Å²) >= 11 is 3.06. The van der Waals surface area contributed by atoms with E-state index in [9.17, 15) is 9.59 Å². The number of thiophene rings is 1. The Bertz CT molecular complexity index is 990. The predicted molar refractivity (Wildman–Crippen MR) is 111 cm³/mol. The molecule has 0 saturated carbocycles. The third-order valence-corrected chi connectivity index (χ3v) is 6.06. The molecule has 28 heavy (non-hydrogen) atoms. The van der Waals surface area contributed by atoms with E-state index in [0.29, 0.717) is 11.3 Å². The Morgan fingerprint density at radius 3 is 2.64 bits per heavy atom. The standard InChI is InChI=1S/C21H21NO4S2/c1-13-10-17(14(2)28-13)18(23)8-9-20(24)26-11-15-12-27-21(22-15)16-6-4-5-7-19(16)25-3/h4-7,10,12H,8-9,11H2,1-3H3. The van der Waals surface area contributed by atoms with Gasteiger partial charge in [-0.3, -0.25) is 9.59 Å². The number of Topliss-reactive ketones (excluding diaryl/α,β-unsaturated/α-hetero) is 1. The molecule has 3 rings (SSSR count). The van der Waals surface area contributed by atoms with E-state index in [-0.39, 0.29) is 25.2 Å². The summed E-state index contributed by atoms with van der Waals surface area (Å²) in [6.07, 6.45) is 0.218. The SMILES string of the molecule is COc1ccccc1-c1nc(COC(=O)CCC(=O)c2cc(C)sc2C)cs1. The van der Waals surface area contributed by atoms with Gasteiger partial charge in [-0.2, -0.15) is 0 Å².